The minimum atomic E-state index is 0. The van der Waals surface area contributed by atoms with Crippen molar-refractivity contribution in [2.45, 2.75) is 39.2 Å². The zero-order valence-corrected chi connectivity index (χ0v) is 11.6. The number of amides is 1. The van der Waals surface area contributed by atoms with Crippen molar-refractivity contribution in [3.05, 3.63) is 0 Å². The van der Waals surface area contributed by atoms with E-state index >= 15 is 0 Å². The maximum atomic E-state index is 11.4. The molecule has 0 spiro atoms. The Morgan fingerprint density at radius 3 is 2.94 bits per heavy atom. The summed E-state index contributed by atoms with van der Waals surface area (Å²) in [6.45, 7) is 7.13. The number of carbonyl (C=O) groups is 1. The Bertz CT molecular complexity index is 209. The van der Waals surface area contributed by atoms with E-state index < -0.39 is 0 Å². The quantitative estimate of drug-likeness (QED) is 0.761. The second kappa shape index (κ2) is 9.68. The van der Waals surface area contributed by atoms with E-state index in [2.05, 4.69) is 17.6 Å². The van der Waals surface area contributed by atoms with Crippen molar-refractivity contribution >= 4 is 18.3 Å². The van der Waals surface area contributed by atoms with E-state index in [1.807, 2.05) is 6.92 Å². The first-order chi connectivity index (χ1) is 7.72. The van der Waals surface area contributed by atoms with Gasteiger partial charge in [0.1, 0.15) is 6.61 Å². The molecule has 2 N–H and O–H groups in total. The van der Waals surface area contributed by atoms with Gasteiger partial charge in [0.25, 0.3) is 0 Å². The van der Waals surface area contributed by atoms with Crippen LogP contribution in [0.5, 0.6) is 0 Å². The van der Waals surface area contributed by atoms with Gasteiger partial charge in [-0.3, -0.25) is 4.79 Å². The van der Waals surface area contributed by atoms with Gasteiger partial charge in [0, 0.05) is 6.54 Å². The van der Waals surface area contributed by atoms with Gasteiger partial charge in [0.05, 0.1) is 6.10 Å². The van der Waals surface area contributed by atoms with Crippen molar-refractivity contribution in [2.24, 2.45) is 5.92 Å². The molecule has 2 unspecified atom stereocenters. The zero-order chi connectivity index (χ0) is 11.8. The van der Waals surface area contributed by atoms with Crippen molar-refractivity contribution in [1.82, 2.24) is 10.6 Å². The summed E-state index contributed by atoms with van der Waals surface area (Å²) in [4.78, 5) is 11.4. The van der Waals surface area contributed by atoms with E-state index in [1.54, 1.807) is 0 Å². The molecule has 4 nitrogen and oxygen atoms in total. The van der Waals surface area contributed by atoms with E-state index in [0.717, 1.165) is 26.1 Å². The first-order valence-corrected chi connectivity index (χ1v) is 6.31. The predicted molar refractivity (Wildman–Crippen MR) is 71.6 cm³/mol. The number of halogens is 1. The van der Waals surface area contributed by atoms with Gasteiger partial charge in [-0.05, 0) is 45.2 Å². The summed E-state index contributed by atoms with van der Waals surface area (Å²) in [7, 11) is 0. The molecule has 102 valence electrons. The third-order valence-electron chi connectivity index (χ3n) is 3.06. The van der Waals surface area contributed by atoms with Crippen LogP contribution in [0, 0.1) is 5.92 Å². The molecule has 0 aromatic heterocycles. The van der Waals surface area contributed by atoms with Crippen molar-refractivity contribution in [3.63, 3.8) is 0 Å². The van der Waals surface area contributed by atoms with Crippen LogP contribution in [0.2, 0.25) is 0 Å². The topological polar surface area (TPSA) is 50.4 Å². The van der Waals surface area contributed by atoms with Crippen LogP contribution < -0.4 is 10.6 Å². The van der Waals surface area contributed by atoms with Crippen LogP contribution in [0.25, 0.3) is 0 Å². The molecule has 0 saturated carbocycles. The molecule has 1 aliphatic rings. The Morgan fingerprint density at radius 2 is 2.35 bits per heavy atom. The van der Waals surface area contributed by atoms with Gasteiger partial charge < -0.3 is 15.4 Å². The third kappa shape index (κ3) is 7.58. The van der Waals surface area contributed by atoms with Crippen LogP contribution in [-0.4, -0.2) is 38.3 Å². The summed E-state index contributed by atoms with van der Waals surface area (Å²) in [5.41, 5.74) is 0. The molecule has 1 amide bonds. The molecule has 1 saturated heterocycles. The lowest BCUT2D eigenvalue weighted by Gasteiger charge is -2.23. The molecule has 0 aliphatic carbocycles. The molecule has 1 aliphatic heterocycles. The summed E-state index contributed by atoms with van der Waals surface area (Å²) in [5.74, 6) is 0.590. The molecule has 0 bridgehead atoms. The average molecular weight is 265 g/mol. The first kappa shape index (κ1) is 16.7. The fraction of sp³-hybridized carbons (Fsp3) is 0.917. The lowest BCUT2D eigenvalue weighted by Crippen LogP contribution is -2.39. The second-order valence-corrected chi connectivity index (χ2v) is 4.55. The van der Waals surface area contributed by atoms with Gasteiger partial charge in [-0.25, -0.2) is 0 Å². The third-order valence-corrected chi connectivity index (χ3v) is 3.06. The van der Waals surface area contributed by atoms with Crippen molar-refractivity contribution in [2.75, 3.05) is 26.2 Å². The van der Waals surface area contributed by atoms with Crippen LogP contribution in [0.15, 0.2) is 0 Å². The highest BCUT2D eigenvalue weighted by Crippen LogP contribution is 2.07. The molecule has 1 rings (SSSR count). The summed E-state index contributed by atoms with van der Waals surface area (Å²) in [6, 6.07) is 0. The number of nitrogens with one attached hydrogen (secondary N) is 2. The molecular formula is C12H25ClN2O2. The average Bonchev–Trinajstić information content (AvgIpc) is 2.34. The number of piperidine rings is 1. The largest absolute Gasteiger partial charge is 0.369 e. The molecule has 17 heavy (non-hydrogen) atoms. The Balaban J connectivity index is 0.00000256. The van der Waals surface area contributed by atoms with E-state index in [9.17, 15) is 4.79 Å². The van der Waals surface area contributed by atoms with Crippen LogP contribution in [0.4, 0.5) is 0 Å². The van der Waals surface area contributed by atoms with Crippen LogP contribution in [0.3, 0.4) is 0 Å². The highest BCUT2D eigenvalue weighted by molar-refractivity contribution is 5.85. The molecule has 1 fully saturated rings. The Morgan fingerprint density at radius 1 is 1.59 bits per heavy atom. The maximum absolute atomic E-state index is 11.4. The molecular weight excluding hydrogens is 240 g/mol. The van der Waals surface area contributed by atoms with Gasteiger partial charge in [-0.1, -0.05) is 6.92 Å². The molecule has 2 atom stereocenters. The van der Waals surface area contributed by atoms with Gasteiger partial charge in [0.15, 0.2) is 0 Å². The van der Waals surface area contributed by atoms with Gasteiger partial charge in [-0.15, -0.1) is 12.4 Å². The van der Waals surface area contributed by atoms with Crippen LogP contribution in [0.1, 0.15) is 33.1 Å². The van der Waals surface area contributed by atoms with Crippen LogP contribution >= 0.6 is 12.4 Å². The number of hydrogen-bond donors (Lipinski definition) is 2. The van der Waals surface area contributed by atoms with E-state index in [1.165, 1.54) is 12.8 Å². The highest BCUT2D eigenvalue weighted by atomic mass is 35.5. The Labute approximate surface area is 110 Å². The lowest BCUT2D eigenvalue weighted by atomic mass is 10.00. The van der Waals surface area contributed by atoms with Gasteiger partial charge in [-0.2, -0.15) is 0 Å². The predicted octanol–water partition coefficient (Wildman–Crippen LogP) is 1.34. The van der Waals surface area contributed by atoms with Crippen molar-refractivity contribution in [3.8, 4) is 0 Å². The second-order valence-electron chi connectivity index (χ2n) is 4.55. The number of ether oxygens (including phenoxy) is 1. The van der Waals surface area contributed by atoms with Crippen molar-refractivity contribution < 1.29 is 9.53 Å². The Hall–Kier alpha value is -0.320. The normalized spacial score (nSPS) is 21.4. The smallest absolute Gasteiger partial charge is 0.246 e. The summed E-state index contributed by atoms with van der Waals surface area (Å²) in [5, 5.41) is 6.26. The zero-order valence-electron chi connectivity index (χ0n) is 10.8. The standard InChI is InChI=1S/C12H24N2O2.ClH/c1-3-10(2)16-9-12(15)14-8-11-5-4-6-13-7-11;/h10-11,13H,3-9H2,1-2H3,(H,14,15);1H. The van der Waals surface area contributed by atoms with Crippen molar-refractivity contribution in [1.29, 1.82) is 0 Å². The molecule has 1 heterocycles. The summed E-state index contributed by atoms with van der Waals surface area (Å²) >= 11 is 0. The van der Waals surface area contributed by atoms with E-state index in [0.29, 0.717) is 5.92 Å². The Kier molecular flexibility index (Phi) is 9.50. The van der Waals surface area contributed by atoms with Gasteiger partial charge >= 0.3 is 0 Å². The van der Waals surface area contributed by atoms with E-state index in [-0.39, 0.29) is 31.0 Å². The van der Waals surface area contributed by atoms with E-state index in [4.69, 9.17) is 4.74 Å². The van der Waals surface area contributed by atoms with Gasteiger partial charge in [0.2, 0.25) is 5.91 Å². The molecule has 0 aromatic rings. The number of rotatable bonds is 6. The minimum Gasteiger partial charge on any atom is -0.369 e. The first-order valence-electron chi connectivity index (χ1n) is 6.31. The number of carbonyl (C=O) groups excluding carboxylic acids is 1. The lowest BCUT2D eigenvalue weighted by molar-refractivity contribution is -0.127. The summed E-state index contributed by atoms with van der Waals surface area (Å²) in [6.07, 6.45) is 3.53. The maximum Gasteiger partial charge on any atom is 0.246 e. The number of hydrogen-bond acceptors (Lipinski definition) is 3. The molecule has 0 radical (unpaired) electrons. The monoisotopic (exact) mass is 264 g/mol. The van der Waals surface area contributed by atoms with Crippen LogP contribution in [-0.2, 0) is 9.53 Å². The SMILES string of the molecule is CCC(C)OCC(=O)NCC1CCCNC1.Cl. The fourth-order valence-electron chi connectivity index (χ4n) is 1.74. The molecule has 5 heteroatoms. The fourth-order valence-corrected chi connectivity index (χ4v) is 1.74. The summed E-state index contributed by atoms with van der Waals surface area (Å²) < 4.78 is 5.37. The highest BCUT2D eigenvalue weighted by Gasteiger charge is 2.13. The molecule has 0 aromatic carbocycles. The minimum absolute atomic E-state index is 0.